The molecule has 3 aromatic rings. The predicted molar refractivity (Wildman–Crippen MR) is 124 cm³/mol. The number of phenolic OH excluding ortho intramolecular Hbond substituents is 1. The molecule has 2 aromatic carbocycles. The zero-order valence-corrected chi connectivity index (χ0v) is 18.5. The maximum Gasteiger partial charge on any atom is 0.166 e. The molecule has 0 unspecified atom stereocenters. The zero-order chi connectivity index (χ0) is 21.9. The lowest BCUT2D eigenvalue weighted by Gasteiger charge is -2.62. The highest BCUT2D eigenvalue weighted by Crippen LogP contribution is 2.66. The molecule has 2 fully saturated rings. The van der Waals surface area contributed by atoms with Crippen LogP contribution in [0.2, 0.25) is 0 Å². The minimum atomic E-state index is -0.924. The number of para-hydroxylation sites is 1. The minimum Gasteiger partial charge on any atom is -0.504 e. The van der Waals surface area contributed by atoms with Gasteiger partial charge in [-0.15, -0.1) is 0 Å². The Bertz CT molecular complexity index is 1320. The molecule has 1 spiro atoms. The minimum absolute atomic E-state index is 0.0643. The van der Waals surface area contributed by atoms with E-state index in [-0.39, 0.29) is 17.9 Å². The van der Waals surface area contributed by atoms with Gasteiger partial charge in [0.15, 0.2) is 11.5 Å². The molecule has 0 radical (unpaired) electrons. The summed E-state index contributed by atoms with van der Waals surface area (Å²) in [4.78, 5) is 2.55. The fourth-order valence-corrected chi connectivity index (χ4v) is 7.46. The Balaban J connectivity index is 1.34. The second-order valence-corrected chi connectivity index (χ2v) is 10.8. The number of nitrogens with zero attached hydrogens (tertiary/aromatic N) is 1. The van der Waals surface area contributed by atoms with E-state index in [1.54, 1.807) is 6.07 Å². The Kier molecular flexibility index (Phi) is 3.40. The van der Waals surface area contributed by atoms with Gasteiger partial charge < -0.3 is 19.4 Å². The molecule has 4 atom stereocenters. The third kappa shape index (κ3) is 2.20. The maximum atomic E-state index is 12.5. The van der Waals surface area contributed by atoms with Crippen molar-refractivity contribution in [3.05, 3.63) is 65.4 Å². The standard InChI is InChI=1S/C28H27NO4/c30-20-8-7-18-14-23-28(31)10-9-19(22-13-17-3-1-2-4-21(17)32-22)26-27(28,24(18)25(20)33-26)11-12-29(23)15-16-5-6-16/h1-4,7-9,13,16,23,26,30-31H,5-6,10-12,14-15H2/t23-,26+,27+,28-/m1/s1. The van der Waals surface area contributed by atoms with Crippen LogP contribution < -0.4 is 4.74 Å². The van der Waals surface area contributed by atoms with Gasteiger partial charge in [-0.05, 0) is 68.3 Å². The van der Waals surface area contributed by atoms with Crippen molar-refractivity contribution >= 4 is 16.5 Å². The first kappa shape index (κ1) is 18.6. The van der Waals surface area contributed by atoms with Gasteiger partial charge in [0, 0.05) is 29.1 Å². The quantitative estimate of drug-likeness (QED) is 0.631. The van der Waals surface area contributed by atoms with Crippen LogP contribution in [-0.2, 0) is 11.8 Å². The first-order valence-electron chi connectivity index (χ1n) is 12.3. The van der Waals surface area contributed by atoms with Crippen molar-refractivity contribution < 1.29 is 19.4 Å². The van der Waals surface area contributed by atoms with Crippen LogP contribution in [0.5, 0.6) is 11.5 Å². The van der Waals surface area contributed by atoms with E-state index in [1.165, 1.54) is 18.4 Å². The number of rotatable bonds is 3. The summed E-state index contributed by atoms with van der Waals surface area (Å²) in [5.41, 5.74) is 2.61. The number of phenols is 1. The highest BCUT2D eigenvalue weighted by molar-refractivity contribution is 5.84. The lowest BCUT2D eigenvalue weighted by Crippen LogP contribution is -2.74. The number of ether oxygens (including phenoxy) is 1. The fraction of sp³-hybridized carbons (Fsp3) is 0.429. The van der Waals surface area contributed by atoms with Crippen LogP contribution in [0.4, 0.5) is 0 Å². The first-order valence-corrected chi connectivity index (χ1v) is 12.3. The van der Waals surface area contributed by atoms with Crippen LogP contribution in [-0.4, -0.2) is 45.9 Å². The van der Waals surface area contributed by atoms with Crippen LogP contribution >= 0.6 is 0 Å². The van der Waals surface area contributed by atoms with Crippen molar-refractivity contribution in [2.75, 3.05) is 13.1 Å². The molecule has 3 heterocycles. The summed E-state index contributed by atoms with van der Waals surface area (Å²) in [5, 5.41) is 24.4. The van der Waals surface area contributed by atoms with Crippen molar-refractivity contribution in [3.63, 3.8) is 0 Å². The summed E-state index contributed by atoms with van der Waals surface area (Å²) in [5.74, 6) is 2.31. The zero-order valence-electron chi connectivity index (χ0n) is 18.5. The predicted octanol–water partition coefficient (Wildman–Crippen LogP) is 4.40. The highest BCUT2D eigenvalue weighted by atomic mass is 16.5. The molecule has 3 aliphatic carbocycles. The highest BCUT2D eigenvalue weighted by Gasteiger charge is 2.72. The van der Waals surface area contributed by atoms with Crippen molar-refractivity contribution in [2.45, 2.75) is 55.3 Å². The van der Waals surface area contributed by atoms with E-state index in [9.17, 15) is 10.2 Å². The van der Waals surface area contributed by atoms with E-state index in [2.05, 4.69) is 23.1 Å². The second-order valence-electron chi connectivity index (χ2n) is 10.8. The molecule has 33 heavy (non-hydrogen) atoms. The lowest BCUT2D eigenvalue weighted by atomic mass is 9.49. The smallest absolute Gasteiger partial charge is 0.166 e. The molecule has 1 saturated heterocycles. The third-order valence-electron chi connectivity index (χ3n) is 9.14. The van der Waals surface area contributed by atoms with Crippen molar-refractivity contribution in [1.29, 1.82) is 0 Å². The largest absolute Gasteiger partial charge is 0.504 e. The average molecular weight is 442 g/mol. The number of aromatic hydroxyl groups is 1. The van der Waals surface area contributed by atoms with Crippen molar-refractivity contribution in [3.8, 4) is 11.5 Å². The number of furan rings is 1. The first-order chi connectivity index (χ1) is 16.1. The molecule has 5 aliphatic rings. The van der Waals surface area contributed by atoms with Crippen LogP contribution in [0.25, 0.3) is 16.5 Å². The van der Waals surface area contributed by atoms with Crippen LogP contribution in [0.15, 0.2) is 53.0 Å². The molecular formula is C28H27NO4. The lowest BCUT2D eigenvalue weighted by molar-refractivity contribution is -0.160. The number of fused-ring (bicyclic) bond motifs is 1. The molecular weight excluding hydrogens is 414 g/mol. The summed E-state index contributed by atoms with van der Waals surface area (Å²) in [7, 11) is 0. The number of piperidine rings is 1. The molecule has 1 saturated carbocycles. The van der Waals surface area contributed by atoms with Gasteiger partial charge in [0.2, 0.25) is 0 Å². The molecule has 2 bridgehead atoms. The van der Waals surface area contributed by atoms with Gasteiger partial charge in [-0.3, -0.25) is 4.90 Å². The Hall–Kier alpha value is -2.76. The molecule has 2 aliphatic heterocycles. The molecule has 5 nitrogen and oxygen atoms in total. The monoisotopic (exact) mass is 441 g/mol. The molecule has 2 N–H and O–H groups in total. The van der Waals surface area contributed by atoms with Crippen LogP contribution in [0, 0.1) is 5.92 Å². The van der Waals surface area contributed by atoms with E-state index in [0.29, 0.717) is 12.2 Å². The number of likely N-dealkylation sites (tertiary alicyclic amines) is 1. The Morgan fingerprint density at radius 3 is 2.85 bits per heavy atom. The number of benzene rings is 2. The van der Waals surface area contributed by atoms with Crippen LogP contribution in [0.3, 0.4) is 0 Å². The van der Waals surface area contributed by atoms with Crippen molar-refractivity contribution in [1.82, 2.24) is 4.90 Å². The van der Waals surface area contributed by atoms with Gasteiger partial charge in [-0.2, -0.15) is 0 Å². The van der Waals surface area contributed by atoms with E-state index >= 15 is 0 Å². The Morgan fingerprint density at radius 2 is 2.00 bits per heavy atom. The van der Waals surface area contributed by atoms with Gasteiger partial charge in [0.25, 0.3) is 0 Å². The van der Waals surface area contributed by atoms with Crippen LogP contribution in [0.1, 0.15) is 42.6 Å². The SMILES string of the molecule is Oc1ccc2c3c1O[C@H]1C(c4cc5ccccc5o4)=CC[C@@]4(O)[C@@H](C2)N(CC2CC2)CC[C@]314. The van der Waals surface area contributed by atoms with E-state index in [4.69, 9.17) is 9.15 Å². The normalized spacial score (nSPS) is 34.2. The Morgan fingerprint density at radius 1 is 1.12 bits per heavy atom. The van der Waals surface area contributed by atoms with Gasteiger partial charge >= 0.3 is 0 Å². The molecule has 168 valence electrons. The molecule has 1 aromatic heterocycles. The second kappa shape index (κ2) is 6.02. The molecule has 5 heteroatoms. The van der Waals surface area contributed by atoms with Gasteiger partial charge in [-0.1, -0.05) is 30.3 Å². The Labute approximate surface area is 192 Å². The summed E-state index contributed by atoms with van der Waals surface area (Å²) < 4.78 is 12.9. The van der Waals surface area contributed by atoms with E-state index in [1.807, 2.05) is 24.3 Å². The fourth-order valence-electron chi connectivity index (χ4n) is 7.46. The summed E-state index contributed by atoms with van der Waals surface area (Å²) in [6, 6.07) is 14.0. The number of hydrogen-bond donors (Lipinski definition) is 2. The van der Waals surface area contributed by atoms with E-state index < -0.39 is 11.0 Å². The summed E-state index contributed by atoms with van der Waals surface area (Å²) in [6.45, 7) is 2.03. The number of aliphatic hydroxyl groups is 1. The van der Waals surface area contributed by atoms with Crippen molar-refractivity contribution in [2.24, 2.45) is 5.92 Å². The summed E-state index contributed by atoms with van der Waals surface area (Å²) >= 11 is 0. The summed E-state index contributed by atoms with van der Waals surface area (Å²) in [6.07, 6.45) is 6.58. The molecule has 8 rings (SSSR count). The van der Waals surface area contributed by atoms with Gasteiger partial charge in [-0.25, -0.2) is 0 Å². The van der Waals surface area contributed by atoms with E-state index in [0.717, 1.165) is 59.7 Å². The number of hydrogen-bond acceptors (Lipinski definition) is 5. The molecule has 0 amide bonds. The topological polar surface area (TPSA) is 66.1 Å². The van der Waals surface area contributed by atoms with Gasteiger partial charge in [0.1, 0.15) is 17.4 Å². The van der Waals surface area contributed by atoms with Gasteiger partial charge in [0.05, 0.1) is 11.0 Å². The third-order valence-corrected chi connectivity index (χ3v) is 9.14. The maximum absolute atomic E-state index is 12.5. The average Bonchev–Trinajstić information content (AvgIpc) is 3.40.